The number of azo groups is 1. The van der Waals surface area contributed by atoms with Crippen LogP contribution in [0.2, 0.25) is 0 Å². The molecule has 1 N–H and O–H groups in total. The van der Waals surface area contributed by atoms with Crippen molar-refractivity contribution in [2.45, 2.75) is 24.5 Å². The number of esters is 1. The molecule has 0 aliphatic heterocycles. The van der Waals surface area contributed by atoms with E-state index in [2.05, 4.69) is 10.2 Å². The molecule has 0 saturated heterocycles. The number of rotatable bonds is 6. The van der Waals surface area contributed by atoms with E-state index in [0.717, 1.165) is 0 Å². The Labute approximate surface area is 124 Å². The predicted molar refractivity (Wildman–Crippen MR) is 74.8 cm³/mol. The van der Waals surface area contributed by atoms with Gasteiger partial charge in [-0.1, -0.05) is 11.8 Å². The molecule has 1 rings (SSSR count). The normalized spacial score (nSPS) is 12.6. The topological polar surface area (TPSA) is 71.2 Å². The fraction of sp³-hybridized carbons (Fsp3) is 0.308. The Morgan fingerprint density at radius 1 is 1.38 bits per heavy atom. The van der Waals surface area contributed by atoms with Crippen molar-refractivity contribution in [2.24, 2.45) is 10.2 Å². The third-order valence-electron chi connectivity index (χ3n) is 2.14. The average molecular weight is 316 g/mol. The molecule has 0 atom stereocenters. The number of carbonyl (C=O) groups excluding carboxylic acids is 1. The summed E-state index contributed by atoms with van der Waals surface area (Å²) < 4.78 is 29.0. The number of ether oxygens (including phenoxy) is 1. The second-order valence-electron chi connectivity index (χ2n) is 3.73. The van der Waals surface area contributed by atoms with Crippen LogP contribution in [0.1, 0.15) is 13.8 Å². The first-order chi connectivity index (χ1) is 9.93. The van der Waals surface area contributed by atoms with Crippen LogP contribution >= 0.6 is 11.8 Å². The maximum Gasteiger partial charge on any atom is 0.362 e. The number of aliphatic hydroxyl groups is 1. The van der Waals surface area contributed by atoms with Crippen LogP contribution in [0.15, 0.2) is 50.8 Å². The number of allylic oxidation sites excluding steroid dienone is 1. The number of alkyl halides is 2. The molecule has 0 fully saturated rings. The molecule has 0 amide bonds. The lowest BCUT2D eigenvalue weighted by atomic mass is 10.3. The van der Waals surface area contributed by atoms with Crippen LogP contribution in [0.25, 0.3) is 0 Å². The summed E-state index contributed by atoms with van der Waals surface area (Å²) in [5.74, 6) is -3.60. The number of hydrogen-bond acceptors (Lipinski definition) is 6. The highest BCUT2D eigenvalue weighted by Gasteiger charge is 2.13. The number of benzene rings is 1. The van der Waals surface area contributed by atoms with Gasteiger partial charge in [0.2, 0.25) is 5.70 Å². The summed E-state index contributed by atoms with van der Waals surface area (Å²) in [7, 11) is 0. The molecule has 0 spiro atoms. The molecule has 21 heavy (non-hydrogen) atoms. The molecule has 114 valence electrons. The number of hydrogen-bond donors (Lipinski definition) is 1. The van der Waals surface area contributed by atoms with Gasteiger partial charge in [-0.2, -0.15) is 13.9 Å². The third kappa shape index (κ3) is 5.90. The van der Waals surface area contributed by atoms with Crippen LogP contribution in [0, 0.1) is 0 Å². The highest BCUT2D eigenvalue weighted by Crippen LogP contribution is 2.27. The summed E-state index contributed by atoms with van der Waals surface area (Å²) in [6.45, 7) is 3.05. The molecule has 0 aliphatic carbocycles. The van der Waals surface area contributed by atoms with Crippen molar-refractivity contribution in [3.05, 3.63) is 35.7 Å². The van der Waals surface area contributed by atoms with Crippen molar-refractivity contribution in [2.75, 3.05) is 6.61 Å². The number of thioether (sulfide) groups is 1. The Balaban J connectivity index is 2.83. The first kappa shape index (κ1) is 17.1. The summed E-state index contributed by atoms with van der Waals surface area (Å²) in [5.41, 5.74) is 0.0551. The Kier molecular flexibility index (Phi) is 6.80. The predicted octanol–water partition coefficient (Wildman–Crippen LogP) is 4.44. The minimum Gasteiger partial charge on any atom is -0.510 e. The lowest BCUT2D eigenvalue weighted by molar-refractivity contribution is -0.138. The van der Waals surface area contributed by atoms with E-state index in [0.29, 0.717) is 22.3 Å². The second-order valence-corrected chi connectivity index (χ2v) is 4.79. The molecule has 5 nitrogen and oxygen atoms in total. The van der Waals surface area contributed by atoms with E-state index in [1.165, 1.54) is 31.2 Å². The van der Waals surface area contributed by atoms with E-state index >= 15 is 0 Å². The van der Waals surface area contributed by atoms with Crippen molar-refractivity contribution >= 4 is 23.4 Å². The summed E-state index contributed by atoms with van der Waals surface area (Å²) >= 11 is 0.419. The molecule has 1 aromatic carbocycles. The van der Waals surface area contributed by atoms with E-state index in [1.54, 1.807) is 6.92 Å². The number of carbonyl (C=O) groups is 1. The molecule has 0 aliphatic rings. The number of halogens is 2. The minimum absolute atomic E-state index is 0.144. The lowest BCUT2D eigenvalue weighted by Gasteiger charge is -2.02. The highest BCUT2D eigenvalue weighted by molar-refractivity contribution is 7.99. The lowest BCUT2D eigenvalue weighted by Crippen LogP contribution is -2.07. The highest BCUT2D eigenvalue weighted by atomic mass is 32.2. The van der Waals surface area contributed by atoms with Gasteiger partial charge in [-0.15, -0.1) is 5.11 Å². The fourth-order valence-electron chi connectivity index (χ4n) is 1.26. The van der Waals surface area contributed by atoms with Crippen LogP contribution in [0.4, 0.5) is 14.5 Å². The van der Waals surface area contributed by atoms with Gasteiger partial charge in [0.25, 0.3) is 5.76 Å². The Bertz CT molecular complexity index is 541. The van der Waals surface area contributed by atoms with Crippen molar-refractivity contribution in [3.63, 3.8) is 0 Å². The summed E-state index contributed by atoms with van der Waals surface area (Å²) in [5, 5.41) is 16.8. The molecular formula is C13H14F2N2O3S. The van der Waals surface area contributed by atoms with Crippen molar-refractivity contribution in [1.82, 2.24) is 0 Å². The molecular weight excluding hydrogens is 302 g/mol. The standard InChI is InChI=1S/C13H14F2N2O3S/c1-3-20-12(19)11(8(2)18)17-16-9-4-6-10(7-5-9)21-13(14)15/h4-7,13,18H,3H2,1-2H3/b11-8+,17-16?. The smallest absolute Gasteiger partial charge is 0.362 e. The van der Waals surface area contributed by atoms with Gasteiger partial charge in [0.1, 0.15) is 5.76 Å². The van der Waals surface area contributed by atoms with Crippen molar-refractivity contribution < 1.29 is 23.4 Å². The van der Waals surface area contributed by atoms with Crippen LogP contribution in [0.5, 0.6) is 0 Å². The maximum absolute atomic E-state index is 12.2. The number of nitrogens with zero attached hydrogens (tertiary/aromatic N) is 2. The summed E-state index contributed by atoms with van der Waals surface area (Å²) in [6, 6.07) is 5.88. The van der Waals surface area contributed by atoms with Gasteiger partial charge in [-0.05, 0) is 38.1 Å². The van der Waals surface area contributed by atoms with Crippen LogP contribution in [0.3, 0.4) is 0 Å². The van der Waals surface area contributed by atoms with E-state index < -0.39 is 11.7 Å². The monoisotopic (exact) mass is 316 g/mol. The summed E-state index contributed by atoms with van der Waals surface area (Å²) in [4.78, 5) is 11.9. The largest absolute Gasteiger partial charge is 0.510 e. The quantitative estimate of drug-likeness (QED) is 0.277. The molecule has 0 saturated carbocycles. The molecule has 1 aromatic rings. The van der Waals surface area contributed by atoms with Gasteiger partial charge < -0.3 is 9.84 Å². The number of aliphatic hydroxyl groups excluding tert-OH is 1. The van der Waals surface area contributed by atoms with E-state index in [9.17, 15) is 18.7 Å². The second kappa shape index (κ2) is 8.35. The third-order valence-corrected chi connectivity index (χ3v) is 2.86. The van der Waals surface area contributed by atoms with Crippen molar-refractivity contribution in [1.29, 1.82) is 0 Å². The molecule has 8 heteroatoms. The first-order valence-electron chi connectivity index (χ1n) is 5.97. The molecule has 0 bridgehead atoms. The minimum atomic E-state index is -2.49. The zero-order chi connectivity index (χ0) is 15.8. The van der Waals surface area contributed by atoms with Crippen LogP contribution in [-0.4, -0.2) is 23.4 Å². The SMILES string of the molecule is CCOC(=O)/C(N=Nc1ccc(SC(F)F)cc1)=C(/C)O. The Morgan fingerprint density at radius 3 is 2.48 bits per heavy atom. The van der Waals surface area contributed by atoms with Gasteiger partial charge in [0.15, 0.2) is 0 Å². The first-order valence-corrected chi connectivity index (χ1v) is 6.85. The van der Waals surface area contributed by atoms with E-state index in [-0.39, 0.29) is 18.1 Å². The zero-order valence-corrected chi connectivity index (χ0v) is 12.2. The summed E-state index contributed by atoms with van der Waals surface area (Å²) in [6.07, 6.45) is 0. The Hall–Kier alpha value is -1.96. The van der Waals surface area contributed by atoms with E-state index in [1.807, 2.05) is 0 Å². The van der Waals surface area contributed by atoms with Crippen LogP contribution < -0.4 is 0 Å². The fourth-order valence-corrected chi connectivity index (χ4v) is 1.76. The molecule has 0 heterocycles. The van der Waals surface area contributed by atoms with Gasteiger partial charge in [0.05, 0.1) is 12.3 Å². The van der Waals surface area contributed by atoms with Gasteiger partial charge >= 0.3 is 5.97 Å². The zero-order valence-electron chi connectivity index (χ0n) is 11.4. The van der Waals surface area contributed by atoms with Gasteiger partial charge in [-0.3, -0.25) is 0 Å². The van der Waals surface area contributed by atoms with Crippen molar-refractivity contribution in [3.8, 4) is 0 Å². The Morgan fingerprint density at radius 2 is 2.00 bits per heavy atom. The molecule has 0 unspecified atom stereocenters. The maximum atomic E-state index is 12.2. The van der Waals surface area contributed by atoms with Crippen LogP contribution in [-0.2, 0) is 9.53 Å². The van der Waals surface area contributed by atoms with Gasteiger partial charge in [0, 0.05) is 4.90 Å². The van der Waals surface area contributed by atoms with E-state index in [4.69, 9.17) is 4.74 Å². The van der Waals surface area contributed by atoms with Gasteiger partial charge in [-0.25, -0.2) is 4.79 Å². The molecule has 0 aromatic heterocycles. The average Bonchev–Trinajstić information content (AvgIpc) is 2.40. The molecule has 0 radical (unpaired) electrons.